The number of amides is 1. The molecular weight excluding hydrogens is 456 g/mol. The van der Waals surface area contributed by atoms with Gasteiger partial charge in [-0.1, -0.05) is 34.1 Å². The van der Waals surface area contributed by atoms with Gasteiger partial charge in [-0.25, -0.2) is 4.98 Å². The molecule has 154 valence electrons. The number of aromatic nitrogens is 1. The van der Waals surface area contributed by atoms with Gasteiger partial charge >= 0.3 is 0 Å². The molecule has 1 aliphatic rings. The number of fused-ring (bicyclic) bond motifs is 2. The van der Waals surface area contributed by atoms with E-state index in [1.807, 2.05) is 69.3 Å². The van der Waals surface area contributed by atoms with Gasteiger partial charge in [0, 0.05) is 10.2 Å². The number of hydrogen-bond acceptors (Lipinski definition) is 4. The summed E-state index contributed by atoms with van der Waals surface area (Å²) in [6, 6.07) is 16.2. The molecule has 5 nitrogen and oxygen atoms in total. The molecule has 0 N–H and O–H groups in total. The summed E-state index contributed by atoms with van der Waals surface area (Å²) in [6.07, 6.45) is 0. The predicted octanol–water partition coefficient (Wildman–Crippen LogP) is 5.63. The number of pyridine rings is 1. The van der Waals surface area contributed by atoms with Crippen molar-refractivity contribution in [2.75, 3.05) is 4.90 Å². The summed E-state index contributed by atoms with van der Waals surface area (Å²) in [5.74, 6) is 0.196. The van der Waals surface area contributed by atoms with Crippen LogP contribution in [0, 0.1) is 20.8 Å². The first-order chi connectivity index (χ1) is 14.8. The van der Waals surface area contributed by atoms with Gasteiger partial charge in [-0.05, 0) is 73.9 Å². The summed E-state index contributed by atoms with van der Waals surface area (Å²) in [7, 11) is 0. The van der Waals surface area contributed by atoms with Gasteiger partial charge < -0.3 is 4.42 Å². The molecule has 0 saturated heterocycles. The zero-order valence-electron chi connectivity index (χ0n) is 17.3. The molecule has 0 aliphatic carbocycles. The zero-order valence-corrected chi connectivity index (χ0v) is 18.9. The Labute approximate surface area is 187 Å². The van der Waals surface area contributed by atoms with Crippen LogP contribution in [0.25, 0.3) is 11.0 Å². The Morgan fingerprint density at radius 3 is 2.45 bits per heavy atom. The number of hydrogen-bond donors (Lipinski definition) is 0. The van der Waals surface area contributed by atoms with Crippen LogP contribution in [0.3, 0.4) is 0 Å². The van der Waals surface area contributed by atoms with Crippen LogP contribution in [-0.4, -0.2) is 10.9 Å². The van der Waals surface area contributed by atoms with Crippen molar-refractivity contribution in [3.8, 4) is 0 Å². The average Bonchev–Trinajstić information content (AvgIpc) is 3.02. The third kappa shape index (κ3) is 3.10. The second-order valence-electron chi connectivity index (χ2n) is 7.88. The standard InChI is InChI=1S/C25H19BrN2O3/c1-13-10-18-19(11-14(13)2)31-24-21(23(18)29)22(16-7-5-8-17(26)12-16)28(25(24)30)20-9-4-6-15(3)27-20/h4-12,22H,1-3H3/t22-/m1/s1. The Balaban J connectivity index is 1.85. The summed E-state index contributed by atoms with van der Waals surface area (Å²) in [6.45, 7) is 5.78. The Bertz CT molecular complexity index is 1440. The first-order valence-electron chi connectivity index (χ1n) is 9.96. The van der Waals surface area contributed by atoms with E-state index in [2.05, 4.69) is 20.9 Å². The van der Waals surface area contributed by atoms with E-state index in [1.54, 1.807) is 11.0 Å². The van der Waals surface area contributed by atoms with Crippen LogP contribution in [0.2, 0.25) is 0 Å². The molecule has 3 heterocycles. The van der Waals surface area contributed by atoms with Crippen LogP contribution in [0.5, 0.6) is 0 Å². The highest BCUT2D eigenvalue weighted by Gasteiger charge is 2.44. The summed E-state index contributed by atoms with van der Waals surface area (Å²) in [4.78, 5) is 33.4. The fraction of sp³-hybridized carbons (Fsp3) is 0.160. The Morgan fingerprint density at radius 1 is 0.968 bits per heavy atom. The van der Waals surface area contributed by atoms with E-state index in [0.29, 0.717) is 22.4 Å². The Morgan fingerprint density at radius 2 is 1.71 bits per heavy atom. The van der Waals surface area contributed by atoms with Crippen molar-refractivity contribution in [2.45, 2.75) is 26.8 Å². The minimum absolute atomic E-state index is 0.0778. The van der Waals surface area contributed by atoms with E-state index in [0.717, 1.165) is 26.9 Å². The van der Waals surface area contributed by atoms with Gasteiger partial charge in [0.25, 0.3) is 5.91 Å². The smallest absolute Gasteiger partial charge is 0.296 e. The fourth-order valence-corrected chi connectivity index (χ4v) is 4.54. The number of nitrogens with zero attached hydrogens (tertiary/aromatic N) is 2. The molecule has 4 aromatic rings. The summed E-state index contributed by atoms with van der Waals surface area (Å²) < 4.78 is 6.93. The average molecular weight is 475 g/mol. The molecule has 2 aromatic carbocycles. The molecule has 0 spiro atoms. The molecular formula is C25H19BrN2O3. The third-order valence-corrected chi connectivity index (χ3v) is 6.26. The monoisotopic (exact) mass is 474 g/mol. The number of halogens is 1. The first kappa shape index (κ1) is 19.7. The molecule has 0 bridgehead atoms. The van der Waals surface area contributed by atoms with Crippen molar-refractivity contribution >= 4 is 38.6 Å². The second kappa shape index (κ2) is 7.17. The summed E-state index contributed by atoms with van der Waals surface area (Å²) in [5, 5.41) is 0.480. The molecule has 31 heavy (non-hydrogen) atoms. The lowest BCUT2D eigenvalue weighted by Crippen LogP contribution is -2.30. The maximum Gasteiger partial charge on any atom is 0.296 e. The highest BCUT2D eigenvalue weighted by Crippen LogP contribution is 2.41. The number of aryl methyl sites for hydroxylation is 3. The van der Waals surface area contributed by atoms with Crippen LogP contribution in [-0.2, 0) is 0 Å². The van der Waals surface area contributed by atoms with Crippen LogP contribution in [0.1, 0.15) is 44.5 Å². The number of carbonyl (C=O) groups excluding carboxylic acids is 1. The van der Waals surface area contributed by atoms with E-state index in [1.165, 1.54) is 0 Å². The molecule has 1 amide bonds. The molecule has 0 fully saturated rings. The van der Waals surface area contributed by atoms with Crippen LogP contribution >= 0.6 is 15.9 Å². The SMILES string of the molecule is Cc1cccc(N2C(=O)c3oc4cc(C)c(C)cc4c(=O)c3[C@H]2c2cccc(Br)c2)n1. The van der Waals surface area contributed by atoms with Crippen molar-refractivity contribution in [2.24, 2.45) is 0 Å². The highest BCUT2D eigenvalue weighted by atomic mass is 79.9. The normalized spacial score (nSPS) is 15.5. The lowest BCUT2D eigenvalue weighted by atomic mass is 9.97. The number of carbonyl (C=O) groups is 1. The fourth-order valence-electron chi connectivity index (χ4n) is 4.12. The van der Waals surface area contributed by atoms with Gasteiger partial charge in [0.1, 0.15) is 11.4 Å². The van der Waals surface area contributed by atoms with E-state index in [9.17, 15) is 9.59 Å². The summed E-state index contributed by atoms with van der Waals surface area (Å²) in [5.41, 5.74) is 4.18. The van der Waals surface area contributed by atoms with E-state index in [4.69, 9.17) is 4.42 Å². The highest BCUT2D eigenvalue weighted by molar-refractivity contribution is 9.10. The van der Waals surface area contributed by atoms with E-state index in [-0.39, 0.29) is 17.1 Å². The van der Waals surface area contributed by atoms with Gasteiger partial charge in [-0.3, -0.25) is 14.5 Å². The van der Waals surface area contributed by atoms with E-state index >= 15 is 0 Å². The largest absolute Gasteiger partial charge is 0.450 e. The third-order valence-electron chi connectivity index (χ3n) is 5.77. The van der Waals surface area contributed by atoms with Crippen LogP contribution in [0.4, 0.5) is 5.82 Å². The van der Waals surface area contributed by atoms with Crippen LogP contribution in [0.15, 0.2) is 68.3 Å². The molecule has 1 aliphatic heterocycles. The number of rotatable bonds is 2. The Hall–Kier alpha value is -3.25. The molecule has 0 unspecified atom stereocenters. The van der Waals surface area contributed by atoms with Crippen molar-refractivity contribution in [3.05, 3.63) is 103 Å². The van der Waals surface area contributed by atoms with Gasteiger partial charge in [0.2, 0.25) is 5.76 Å². The van der Waals surface area contributed by atoms with Crippen molar-refractivity contribution in [1.82, 2.24) is 4.98 Å². The van der Waals surface area contributed by atoms with Gasteiger partial charge in [-0.2, -0.15) is 0 Å². The van der Waals surface area contributed by atoms with E-state index < -0.39 is 6.04 Å². The zero-order chi connectivity index (χ0) is 21.9. The molecule has 0 saturated carbocycles. The molecule has 1 atom stereocenters. The molecule has 0 radical (unpaired) electrons. The number of benzene rings is 2. The Kier molecular flexibility index (Phi) is 4.55. The topological polar surface area (TPSA) is 63.4 Å². The first-order valence-corrected chi connectivity index (χ1v) is 10.7. The molecule has 5 rings (SSSR count). The van der Waals surface area contributed by atoms with Crippen LogP contribution < -0.4 is 10.3 Å². The number of anilines is 1. The maximum absolute atomic E-state index is 13.7. The summed E-state index contributed by atoms with van der Waals surface area (Å²) >= 11 is 3.51. The molecule has 2 aromatic heterocycles. The van der Waals surface area contributed by atoms with Gasteiger partial charge in [-0.15, -0.1) is 0 Å². The van der Waals surface area contributed by atoms with Crippen molar-refractivity contribution < 1.29 is 9.21 Å². The minimum atomic E-state index is -0.628. The molecule has 6 heteroatoms. The minimum Gasteiger partial charge on any atom is -0.450 e. The predicted molar refractivity (Wildman–Crippen MR) is 124 cm³/mol. The van der Waals surface area contributed by atoms with Gasteiger partial charge in [0.05, 0.1) is 17.0 Å². The quantitative estimate of drug-likeness (QED) is 0.377. The van der Waals surface area contributed by atoms with Crippen molar-refractivity contribution in [3.63, 3.8) is 0 Å². The lowest BCUT2D eigenvalue weighted by Gasteiger charge is -2.24. The lowest BCUT2D eigenvalue weighted by molar-refractivity contribution is 0.0970. The maximum atomic E-state index is 13.7. The van der Waals surface area contributed by atoms with Crippen molar-refractivity contribution in [1.29, 1.82) is 0 Å². The second-order valence-corrected chi connectivity index (χ2v) is 8.79. The van der Waals surface area contributed by atoms with Gasteiger partial charge in [0.15, 0.2) is 5.43 Å².